The first-order valence-electron chi connectivity index (χ1n) is 8.63. The summed E-state index contributed by atoms with van der Waals surface area (Å²) in [6.07, 6.45) is 3.07. The Morgan fingerprint density at radius 2 is 1.90 bits per heavy atom. The number of carbonyl (C=O) groups is 2. The lowest BCUT2D eigenvalue weighted by Crippen LogP contribution is -2.30. The molecule has 150 valence electrons. The van der Waals surface area contributed by atoms with Gasteiger partial charge in [-0.25, -0.2) is 4.79 Å². The molecule has 0 bridgehead atoms. The number of hydrogen-bond acceptors (Lipinski definition) is 4. The van der Waals surface area contributed by atoms with Crippen LogP contribution in [0, 0.1) is 0 Å². The number of imide groups is 1. The number of hydrogen-bond donors (Lipinski definition) is 1. The highest BCUT2D eigenvalue weighted by molar-refractivity contribution is 6.42. The van der Waals surface area contributed by atoms with E-state index in [1.165, 1.54) is 13.2 Å². The summed E-state index contributed by atoms with van der Waals surface area (Å²) in [7, 11) is 1.52. The molecule has 1 heterocycles. The highest BCUT2D eigenvalue weighted by Gasteiger charge is 2.32. The molecule has 2 aromatic rings. The molecule has 0 unspecified atom stereocenters. The van der Waals surface area contributed by atoms with E-state index in [4.69, 9.17) is 32.7 Å². The number of halogens is 2. The number of urea groups is 1. The van der Waals surface area contributed by atoms with E-state index in [0.29, 0.717) is 27.1 Å². The molecule has 0 spiro atoms. The van der Waals surface area contributed by atoms with Crippen molar-refractivity contribution in [1.29, 1.82) is 0 Å². The maximum absolute atomic E-state index is 12.3. The number of nitrogens with zero attached hydrogens (tertiary/aromatic N) is 1. The molecular formula is C21H18Cl2N2O4. The molecule has 1 N–H and O–H groups in total. The predicted molar refractivity (Wildman–Crippen MR) is 112 cm³/mol. The quantitative estimate of drug-likeness (QED) is 0.392. The van der Waals surface area contributed by atoms with Crippen LogP contribution in [-0.2, 0) is 11.4 Å². The van der Waals surface area contributed by atoms with Gasteiger partial charge in [0.2, 0.25) is 0 Å². The Kier molecular flexibility index (Phi) is 6.46. The van der Waals surface area contributed by atoms with Crippen LogP contribution in [0.4, 0.5) is 4.79 Å². The highest BCUT2D eigenvalue weighted by Crippen LogP contribution is 2.30. The maximum Gasteiger partial charge on any atom is 0.329 e. The summed E-state index contributed by atoms with van der Waals surface area (Å²) in [6.45, 7) is 3.97. The van der Waals surface area contributed by atoms with Gasteiger partial charge in [-0.3, -0.25) is 9.69 Å². The van der Waals surface area contributed by atoms with Crippen LogP contribution in [0.2, 0.25) is 10.0 Å². The highest BCUT2D eigenvalue weighted by atomic mass is 35.5. The van der Waals surface area contributed by atoms with Crippen LogP contribution in [0.1, 0.15) is 11.1 Å². The van der Waals surface area contributed by atoms with Gasteiger partial charge in [0, 0.05) is 6.54 Å². The number of rotatable bonds is 7. The number of ether oxygens (including phenoxy) is 2. The van der Waals surface area contributed by atoms with Gasteiger partial charge in [-0.05, 0) is 41.5 Å². The van der Waals surface area contributed by atoms with Crippen LogP contribution in [-0.4, -0.2) is 30.5 Å². The first-order valence-corrected chi connectivity index (χ1v) is 9.38. The van der Waals surface area contributed by atoms with Crippen molar-refractivity contribution in [3.8, 4) is 11.5 Å². The minimum atomic E-state index is -0.477. The summed E-state index contributed by atoms with van der Waals surface area (Å²) in [6, 6.07) is 9.99. The van der Waals surface area contributed by atoms with Crippen LogP contribution in [0.25, 0.3) is 6.08 Å². The van der Waals surface area contributed by atoms with Crippen LogP contribution < -0.4 is 14.8 Å². The van der Waals surface area contributed by atoms with Crippen molar-refractivity contribution >= 4 is 41.2 Å². The smallest absolute Gasteiger partial charge is 0.329 e. The lowest BCUT2D eigenvalue weighted by atomic mass is 10.1. The Labute approximate surface area is 178 Å². The maximum atomic E-state index is 12.3. The SMILES string of the molecule is C=CCN1C(=O)N/C(=C/c2ccc(OCc3ccc(Cl)c(Cl)c3)c(OC)c2)C1=O. The van der Waals surface area contributed by atoms with Crippen molar-refractivity contribution in [2.45, 2.75) is 6.61 Å². The minimum absolute atomic E-state index is 0.146. The fourth-order valence-corrected chi connectivity index (χ4v) is 3.04. The molecule has 3 rings (SSSR count). The molecule has 0 aromatic heterocycles. The monoisotopic (exact) mass is 432 g/mol. The Morgan fingerprint density at radius 1 is 1.10 bits per heavy atom. The van der Waals surface area contributed by atoms with E-state index in [0.717, 1.165) is 10.5 Å². The Morgan fingerprint density at radius 3 is 2.59 bits per heavy atom. The van der Waals surface area contributed by atoms with Crippen LogP contribution in [0.3, 0.4) is 0 Å². The molecule has 0 aliphatic carbocycles. The van der Waals surface area contributed by atoms with Crippen molar-refractivity contribution in [2.75, 3.05) is 13.7 Å². The zero-order valence-electron chi connectivity index (χ0n) is 15.6. The third kappa shape index (κ3) is 4.72. The number of carbonyl (C=O) groups excluding carboxylic acids is 2. The third-order valence-electron chi connectivity index (χ3n) is 4.15. The van der Waals surface area contributed by atoms with E-state index in [1.807, 2.05) is 6.07 Å². The summed E-state index contributed by atoms with van der Waals surface area (Å²) in [5, 5.41) is 3.48. The molecule has 1 aliphatic heterocycles. The second kappa shape index (κ2) is 9.03. The fourth-order valence-electron chi connectivity index (χ4n) is 2.72. The van der Waals surface area contributed by atoms with Gasteiger partial charge in [0.1, 0.15) is 12.3 Å². The van der Waals surface area contributed by atoms with E-state index in [9.17, 15) is 9.59 Å². The number of amides is 3. The predicted octanol–water partition coefficient (Wildman–Crippen LogP) is 4.66. The van der Waals surface area contributed by atoms with Gasteiger partial charge in [0.25, 0.3) is 5.91 Å². The zero-order chi connectivity index (χ0) is 21.0. The van der Waals surface area contributed by atoms with Gasteiger partial charge in [-0.15, -0.1) is 6.58 Å². The zero-order valence-corrected chi connectivity index (χ0v) is 17.1. The molecule has 1 saturated heterocycles. The van der Waals surface area contributed by atoms with Crippen molar-refractivity contribution in [1.82, 2.24) is 10.2 Å². The summed E-state index contributed by atoms with van der Waals surface area (Å²) in [4.78, 5) is 25.2. The van der Waals surface area contributed by atoms with Gasteiger partial charge in [-0.2, -0.15) is 0 Å². The first kappa shape index (κ1) is 20.8. The van der Waals surface area contributed by atoms with Gasteiger partial charge in [0.15, 0.2) is 11.5 Å². The molecule has 6 nitrogen and oxygen atoms in total. The summed E-state index contributed by atoms with van der Waals surface area (Å²) >= 11 is 11.9. The lowest BCUT2D eigenvalue weighted by molar-refractivity contribution is -0.122. The van der Waals surface area contributed by atoms with Crippen molar-refractivity contribution < 1.29 is 19.1 Å². The second-order valence-corrected chi connectivity index (χ2v) is 6.95. The molecule has 3 amide bonds. The average molecular weight is 433 g/mol. The average Bonchev–Trinajstić information content (AvgIpc) is 2.97. The third-order valence-corrected chi connectivity index (χ3v) is 4.89. The number of methoxy groups -OCH3 is 1. The molecule has 0 atom stereocenters. The summed E-state index contributed by atoms with van der Waals surface area (Å²) in [5.41, 5.74) is 1.71. The second-order valence-electron chi connectivity index (χ2n) is 6.14. The van der Waals surface area contributed by atoms with Gasteiger partial charge >= 0.3 is 6.03 Å². The van der Waals surface area contributed by atoms with Gasteiger partial charge in [-0.1, -0.05) is 41.4 Å². The van der Waals surface area contributed by atoms with E-state index in [2.05, 4.69) is 11.9 Å². The Hall–Kier alpha value is -2.96. The van der Waals surface area contributed by atoms with E-state index in [-0.39, 0.29) is 18.8 Å². The largest absolute Gasteiger partial charge is 0.493 e. The van der Waals surface area contributed by atoms with Crippen molar-refractivity contribution in [3.05, 3.63) is 75.9 Å². The molecule has 0 saturated carbocycles. The lowest BCUT2D eigenvalue weighted by Gasteiger charge is -2.12. The van der Waals surface area contributed by atoms with Gasteiger partial charge in [0.05, 0.1) is 17.2 Å². The molecule has 1 aliphatic rings. The normalized spacial score (nSPS) is 14.9. The molecule has 1 fully saturated rings. The molecule has 2 aromatic carbocycles. The fraction of sp³-hybridized carbons (Fsp3) is 0.143. The standard InChI is InChI=1S/C21H18Cl2N2O4/c1-3-8-25-20(26)17(24-21(25)27)10-13-5-7-18(19(11-13)28-2)29-12-14-4-6-15(22)16(23)9-14/h3-7,9-11H,1,8,12H2,2H3,(H,24,27)/b17-10+. The minimum Gasteiger partial charge on any atom is -0.493 e. The summed E-state index contributed by atoms with van der Waals surface area (Å²) in [5.74, 6) is 0.601. The number of nitrogens with one attached hydrogen (secondary N) is 1. The molecule has 29 heavy (non-hydrogen) atoms. The topological polar surface area (TPSA) is 67.9 Å². The van der Waals surface area contributed by atoms with Crippen LogP contribution >= 0.6 is 23.2 Å². The van der Waals surface area contributed by atoms with Crippen LogP contribution in [0.5, 0.6) is 11.5 Å². The first-order chi connectivity index (χ1) is 13.9. The Balaban J connectivity index is 1.76. The van der Waals surface area contributed by atoms with Crippen LogP contribution in [0.15, 0.2) is 54.8 Å². The van der Waals surface area contributed by atoms with Gasteiger partial charge < -0.3 is 14.8 Å². The van der Waals surface area contributed by atoms with E-state index >= 15 is 0 Å². The van der Waals surface area contributed by atoms with Crippen molar-refractivity contribution in [2.24, 2.45) is 0 Å². The molecule has 8 heteroatoms. The molecule has 0 radical (unpaired) electrons. The number of benzene rings is 2. The molecular weight excluding hydrogens is 415 g/mol. The van der Waals surface area contributed by atoms with E-state index in [1.54, 1.807) is 36.4 Å². The van der Waals surface area contributed by atoms with Crippen molar-refractivity contribution in [3.63, 3.8) is 0 Å². The Bertz CT molecular complexity index is 1000. The van der Waals surface area contributed by atoms with E-state index < -0.39 is 11.9 Å². The summed E-state index contributed by atoms with van der Waals surface area (Å²) < 4.78 is 11.2.